The Morgan fingerprint density at radius 2 is 1.45 bits per heavy atom. The van der Waals surface area contributed by atoms with Crippen molar-refractivity contribution in [1.82, 2.24) is 0 Å². The fourth-order valence-corrected chi connectivity index (χ4v) is 2.45. The average Bonchev–Trinajstić information content (AvgIpc) is 2.53. The minimum Gasteiger partial charge on any atom is -0.507 e. The van der Waals surface area contributed by atoms with E-state index in [4.69, 9.17) is 4.74 Å². The zero-order chi connectivity index (χ0) is 15.9. The third-order valence-electron chi connectivity index (χ3n) is 3.56. The van der Waals surface area contributed by atoms with Crippen LogP contribution < -0.4 is 4.74 Å². The molecule has 0 saturated heterocycles. The van der Waals surface area contributed by atoms with E-state index in [1.165, 1.54) is 25.3 Å². The summed E-state index contributed by atoms with van der Waals surface area (Å²) in [6.45, 7) is 0. The van der Waals surface area contributed by atoms with Gasteiger partial charge in [-0.3, -0.25) is 9.59 Å². The van der Waals surface area contributed by atoms with Crippen molar-refractivity contribution in [3.8, 4) is 17.2 Å². The van der Waals surface area contributed by atoms with Gasteiger partial charge >= 0.3 is 0 Å². The molecule has 0 amide bonds. The lowest BCUT2D eigenvalue weighted by atomic mass is 9.85. The summed E-state index contributed by atoms with van der Waals surface area (Å²) < 4.78 is 5.05. The minimum atomic E-state index is -0.520. The van der Waals surface area contributed by atoms with E-state index in [0.29, 0.717) is 11.3 Å². The van der Waals surface area contributed by atoms with Crippen molar-refractivity contribution in [2.24, 2.45) is 0 Å². The van der Waals surface area contributed by atoms with Crippen molar-refractivity contribution < 1.29 is 24.5 Å². The highest BCUT2D eigenvalue weighted by molar-refractivity contribution is 6.39. The van der Waals surface area contributed by atoms with Crippen molar-refractivity contribution in [3.05, 3.63) is 59.2 Å². The Kier molecular flexibility index (Phi) is 3.18. The van der Waals surface area contributed by atoms with Crippen LogP contribution in [0.5, 0.6) is 17.2 Å². The first-order valence-corrected chi connectivity index (χ1v) is 6.53. The standard InChI is InChI=1S/C17H12O5/c1-22-10-4-2-9(3-5-10)11-8-14(20)15-12(18)6-7-13(19)16(15)17(11)21/h2-8,18-19H,1H3. The van der Waals surface area contributed by atoms with Crippen LogP contribution in [0.2, 0.25) is 0 Å². The number of phenols is 2. The molecule has 0 radical (unpaired) electrons. The fraction of sp³-hybridized carbons (Fsp3) is 0.0588. The van der Waals surface area contributed by atoms with Crippen molar-refractivity contribution >= 4 is 17.1 Å². The molecular weight excluding hydrogens is 284 g/mol. The van der Waals surface area contributed by atoms with E-state index in [1.807, 2.05) is 0 Å². The quantitative estimate of drug-likeness (QED) is 0.832. The van der Waals surface area contributed by atoms with Crippen molar-refractivity contribution in [1.29, 1.82) is 0 Å². The number of phenolic OH excluding ortho intramolecular Hbond substituents is 2. The van der Waals surface area contributed by atoms with E-state index in [0.717, 1.165) is 0 Å². The number of ketones is 2. The normalized spacial score (nSPS) is 13.6. The maximum atomic E-state index is 12.6. The van der Waals surface area contributed by atoms with Crippen LogP contribution in [0.25, 0.3) is 5.57 Å². The second kappa shape index (κ2) is 5.04. The van der Waals surface area contributed by atoms with Gasteiger partial charge < -0.3 is 14.9 Å². The maximum absolute atomic E-state index is 12.6. The predicted octanol–water partition coefficient (Wildman–Crippen LogP) is 2.57. The Balaban J connectivity index is 2.14. The Morgan fingerprint density at radius 3 is 2.05 bits per heavy atom. The Hall–Kier alpha value is -3.08. The van der Waals surface area contributed by atoms with Crippen LogP contribution in [-0.2, 0) is 0 Å². The van der Waals surface area contributed by atoms with Crippen LogP contribution in [0, 0.1) is 0 Å². The molecule has 1 aliphatic rings. The lowest BCUT2D eigenvalue weighted by Gasteiger charge is -2.17. The predicted molar refractivity (Wildman–Crippen MR) is 79.4 cm³/mol. The summed E-state index contributed by atoms with van der Waals surface area (Å²) in [6.07, 6.45) is 1.17. The number of methoxy groups -OCH3 is 1. The zero-order valence-corrected chi connectivity index (χ0v) is 11.7. The summed E-state index contributed by atoms with van der Waals surface area (Å²) in [5, 5.41) is 19.6. The molecule has 5 nitrogen and oxygen atoms in total. The molecule has 0 unspecified atom stereocenters. The number of Topliss-reactive ketones (excluding diaryl/α,β-unsaturated/α-hetero) is 1. The largest absolute Gasteiger partial charge is 0.507 e. The zero-order valence-electron chi connectivity index (χ0n) is 11.7. The van der Waals surface area contributed by atoms with Crippen LogP contribution in [-0.4, -0.2) is 28.9 Å². The first-order valence-electron chi connectivity index (χ1n) is 6.53. The van der Waals surface area contributed by atoms with Crippen molar-refractivity contribution in [3.63, 3.8) is 0 Å². The molecule has 110 valence electrons. The lowest BCUT2D eigenvalue weighted by molar-refractivity contribution is 0.0996. The molecule has 0 fully saturated rings. The molecule has 5 heteroatoms. The molecule has 2 aromatic rings. The summed E-state index contributed by atoms with van der Waals surface area (Å²) in [7, 11) is 1.53. The van der Waals surface area contributed by atoms with Gasteiger partial charge in [0.25, 0.3) is 0 Å². The summed E-state index contributed by atoms with van der Waals surface area (Å²) >= 11 is 0. The van der Waals surface area contributed by atoms with Gasteiger partial charge in [0.15, 0.2) is 11.6 Å². The third-order valence-corrected chi connectivity index (χ3v) is 3.56. The molecule has 0 heterocycles. The maximum Gasteiger partial charge on any atom is 0.198 e. The van der Waals surface area contributed by atoms with Gasteiger partial charge in [0, 0.05) is 5.57 Å². The van der Waals surface area contributed by atoms with Crippen molar-refractivity contribution in [2.75, 3.05) is 7.11 Å². The van der Waals surface area contributed by atoms with Crippen LogP contribution in [0.4, 0.5) is 0 Å². The molecule has 0 saturated carbocycles. The monoisotopic (exact) mass is 296 g/mol. The Morgan fingerprint density at radius 1 is 0.864 bits per heavy atom. The molecule has 0 bridgehead atoms. The highest BCUT2D eigenvalue weighted by atomic mass is 16.5. The molecule has 0 aromatic heterocycles. The molecule has 2 aromatic carbocycles. The molecule has 1 aliphatic carbocycles. The summed E-state index contributed by atoms with van der Waals surface area (Å²) in [5.74, 6) is -1.05. The number of aromatic hydroxyl groups is 2. The van der Waals surface area contributed by atoms with Crippen molar-refractivity contribution in [2.45, 2.75) is 0 Å². The summed E-state index contributed by atoms with van der Waals surface area (Å²) in [4.78, 5) is 24.8. The average molecular weight is 296 g/mol. The van der Waals surface area contributed by atoms with Crippen LogP contribution in [0.3, 0.4) is 0 Å². The fourth-order valence-electron chi connectivity index (χ4n) is 2.45. The van der Waals surface area contributed by atoms with E-state index >= 15 is 0 Å². The molecule has 0 atom stereocenters. The number of carbonyl (C=O) groups is 2. The molecule has 3 rings (SSSR count). The lowest BCUT2D eigenvalue weighted by Crippen LogP contribution is -2.16. The number of fused-ring (bicyclic) bond motifs is 1. The minimum absolute atomic E-state index is 0.165. The number of ether oxygens (including phenoxy) is 1. The van der Waals surface area contributed by atoms with Gasteiger partial charge in [0.05, 0.1) is 18.2 Å². The Labute approximate surface area is 126 Å². The molecular formula is C17H12O5. The van der Waals surface area contributed by atoms with Gasteiger partial charge in [-0.25, -0.2) is 0 Å². The molecule has 0 aliphatic heterocycles. The summed E-state index contributed by atoms with van der Waals surface area (Å²) in [5.41, 5.74) is 0.370. The van der Waals surface area contributed by atoms with Gasteiger partial charge in [0.2, 0.25) is 0 Å². The second-order valence-electron chi connectivity index (χ2n) is 4.83. The number of carbonyl (C=O) groups excluding carboxylic acids is 2. The van der Waals surface area contributed by atoms with E-state index in [1.54, 1.807) is 24.3 Å². The van der Waals surface area contributed by atoms with Gasteiger partial charge in [-0.15, -0.1) is 0 Å². The number of allylic oxidation sites excluding steroid dienone is 2. The number of hydrogen-bond acceptors (Lipinski definition) is 5. The van der Waals surface area contributed by atoms with Gasteiger partial charge in [-0.05, 0) is 35.9 Å². The van der Waals surface area contributed by atoms with Crippen LogP contribution in [0.1, 0.15) is 26.3 Å². The number of benzene rings is 2. The van der Waals surface area contributed by atoms with E-state index in [2.05, 4.69) is 0 Å². The number of hydrogen-bond donors (Lipinski definition) is 2. The first-order chi connectivity index (χ1) is 10.5. The second-order valence-corrected chi connectivity index (χ2v) is 4.83. The van der Waals surface area contributed by atoms with Crippen LogP contribution in [0.15, 0.2) is 42.5 Å². The highest BCUT2D eigenvalue weighted by Crippen LogP contribution is 2.37. The van der Waals surface area contributed by atoms with E-state index in [-0.39, 0.29) is 28.2 Å². The molecule has 22 heavy (non-hydrogen) atoms. The van der Waals surface area contributed by atoms with Gasteiger partial charge in [0.1, 0.15) is 17.2 Å². The Bertz CT molecular complexity index is 816. The third kappa shape index (κ3) is 2.03. The van der Waals surface area contributed by atoms with Gasteiger partial charge in [-0.1, -0.05) is 12.1 Å². The first kappa shape index (κ1) is 13.9. The number of rotatable bonds is 2. The topological polar surface area (TPSA) is 83.8 Å². The summed E-state index contributed by atoms with van der Waals surface area (Å²) in [6, 6.07) is 9.03. The van der Waals surface area contributed by atoms with E-state index < -0.39 is 11.6 Å². The van der Waals surface area contributed by atoms with Crippen LogP contribution >= 0.6 is 0 Å². The van der Waals surface area contributed by atoms with Gasteiger partial charge in [-0.2, -0.15) is 0 Å². The van der Waals surface area contributed by atoms with E-state index in [9.17, 15) is 19.8 Å². The smallest absolute Gasteiger partial charge is 0.198 e. The SMILES string of the molecule is COc1ccc(C2=CC(=O)c3c(O)ccc(O)c3C2=O)cc1. The molecule has 0 spiro atoms. The highest BCUT2D eigenvalue weighted by Gasteiger charge is 2.31. The molecule has 2 N–H and O–H groups in total.